The van der Waals surface area contributed by atoms with Gasteiger partial charge in [0, 0.05) is 23.6 Å². The molecule has 0 unspecified atom stereocenters. The van der Waals surface area contributed by atoms with E-state index >= 15 is 0 Å². The Morgan fingerprint density at radius 3 is 2.40 bits per heavy atom. The quantitative estimate of drug-likeness (QED) is 0.808. The van der Waals surface area contributed by atoms with E-state index in [1.165, 1.54) is 0 Å². The van der Waals surface area contributed by atoms with E-state index in [1.54, 1.807) is 4.90 Å². The molecule has 3 rings (SSSR count). The Kier molecular flexibility index (Phi) is 5.24. The molecule has 3 nitrogen and oxygen atoms in total. The van der Waals surface area contributed by atoms with E-state index in [0.717, 1.165) is 36.8 Å². The molecule has 2 aromatic carbocycles. The molecule has 0 bridgehead atoms. The van der Waals surface area contributed by atoms with Crippen molar-refractivity contribution < 1.29 is 9.90 Å². The Labute approximate surface area is 150 Å². The fraction of sp³-hybridized carbons (Fsp3) is 0.409. The number of hydrogen-bond donors (Lipinski definition) is 1. The SMILES string of the molecule is CCCC[C@@H](CC)N1C(=O)c2ccccc2[C@@]1(O)Cc1ccccc1. The number of carbonyl (C=O) groups is 1. The van der Waals surface area contributed by atoms with Crippen LogP contribution in [0.1, 0.15) is 61.0 Å². The first-order valence-corrected chi connectivity index (χ1v) is 9.31. The number of hydrogen-bond acceptors (Lipinski definition) is 2. The first kappa shape index (κ1) is 17.7. The highest BCUT2D eigenvalue weighted by Gasteiger charge is 2.50. The molecular formula is C22H27NO2. The van der Waals surface area contributed by atoms with Gasteiger partial charge in [-0.3, -0.25) is 4.79 Å². The van der Waals surface area contributed by atoms with Crippen LogP contribution in [0.4, 0.5) is 0 Å². The van der Waals surface area contributed by atoms with Crippen molar-refractivity contribution in [2.75, 3.05) is 0 Å². The topological polar surface area (TPSA) is 40.5 Å². The van der Waals surface area contributed by atoms with Gasteiger partial charge in [0.05, 0.1) is 0 Å². The van der Waals surface area contributed by atoms with E-state index in [0.29, 0.717) is 12.0 Å². The minimum absolute atomic E-state index is 0.0445. The third-order valence-electron chi connectivity index (χ3n) is 5.23. The van der Waals surface area contributed by atoms with Crippen LogP contribution < -0.4 is 0 Å². The molecule has 2 atom stereocenters. The van der Waals surface area contributed by atoms with Crippen LogP contribution in [0.5, 0.6) is 0 Å². The fourth-order valence-corrected chi connectivity index (χ4v) is 3.93. The number of amides is 1. The summed E-state index contributed by atoms with van der Waals surface area (Å²) in [4.78, 5) is 14.9. The molecule has 2 aromatic rings. The number of rotatable bonds is 7. The summed E-state index contributed by atoms with van der Waals surface area (Å²) in [7, 11) is 0. The average Bonchev–Trinajstić information content (AvgIpc) is 2.85. The molecule has 1 aliphatic rings. The largest absolute Gasteiger partial charge is 0.366 e. The summed E-state index contributed by atoms with van der Waals surface area (Å²) in [6.45, 7) is 4.25. The predicted molar refractivity (Wildman–Crippen MR) is 100 cm³/mol. The van der Waals surface area contributed by atoms with Gasteiger partial charge in [-0.1, -0.05) is 75.2 Å². The third kappa shape index (κ3) is 3.21. The van der Waals surface area contributed by atoms with Crippen molar-refractivity contribution in [1.29, 1.82) is 0 Å². The molecule has 25 heavy (non-hydrogen) atoms. The highest BCUT2D eigenvalue weighted by Crippen LogP contribution is 2.42. The van der Waals surface area contributed by atoms with Gasteiger partial charge in [0.2, 0.25) is 0 Å². The highest BCUT2D eigenvalue weighted by molar-refractivity contribution is 6.00. The molecule has 0 aromatic heterocycles. The van der Waals surface area contributed by atoms with E-state index in [9.17, 15) is 9.90 Å². The molecule has 3 heteroatoms. The fourth-order valence-electron chi connectivity index (χ4n) is 3.93. The Bertz CT molecular complexity index is 728. The van der Waals surface area contributed by atoms with E-state index < -0.39 is 5.72 Å². The van der Waals surface area contributed by atoms with Crippen molar-refractivity contribution >= 4 is 5.91 Å². The predicted octanol–water partition coefficient (Wildman–Crippen LogP) is 4.50. The third-order valence-corrected chi connectivity index (χ3v) is 5.23. The van der Waals surface area contributed by atoms with Gasteiger partial charge in [-0.2, -0.15) is 0 Å². The lowest BCUT2D eigenvalue weighted by molar-refractivity contribution is -0.104. The monoisotopic (exact) mass is 337 g/mol. The van der Waals surface area contributed by atoms with E-state index in [2.05, 4.69) is 13.8 Å². The van der Waals surface area contributed by atoms with Crippen LogP contribution in [0.3, 0.4) is 0 Å². The van der Waals surface area contributed by atoms with Crippen molar-refractivity contribution in [3.8, 4) is 0 Å². The lowest BCUT2D eigenvalue weighted by atomic mass is 9.92. The summed E-state index contributed by atoms with van der Waals surface area (Å²) in [5, 5.41) is 11.7. The summed E-state index contributed by atoms with van der Waals surface area (Å²) in [5.74, 6) is -0.0445. The van der Waals surface area contributed by atoms with Gasteiger partial charge >= 0.3 is 0 Å². The molecule has 132 valence electrons. The zero-order chi connectivity index (χ0) is 17.9. The van der Waals surface area contributed by atoms with Crippen LogP contribution in [0, 0.1) is 0 Å². The zero-order valence-electron chi connectivity index (χ0n) is 15.1. The summed E-state index contributed by atoms with van der Waals surface area (Å²) in [5.41, 5.74) is 1.13. The molecule has 1 amide bonds. The van der Waals surface area contributed by atoms with Gasteiger partial charge in [0.25, 0.3) is 5.91 Å². The molecular weight excluding hydrogens is 310 g/mol. The van der Waals surface area contributed by atoms with Gasteiger partial charge in [-0.15, -0.1) is 0 Å². The van der Waals surface area contributed by atoms with Crippen LogP contribution >= 0.6 is 0 Å². The molecule has 0 saturated carbocycles. The maximum Gasteiger partial charge on any atom is 0.257 e. The minimum atomic E-state index is -1.27. The van der Waals surface area contributed by atoms with Crippen molar-refractivity contribution in [1.82, 2.24) is 4.90 Å². The summed E-state index contributed by atoms with van der Waals surface area (Å²) < 4.78 is 0. The Hall–Kier alpha value is -2.13. The van der Waals surface area contributed by atoms with Gasteiger partial charge < -0.3 is 10.0 Å². The number of benzene rings is 2. The van der Waals surface area contributed by atoms with Crippen molar-refractivity contribution in [3.63, 3.8) is 0 Å². The van der Waals surface area contributed by atoms with E-state index in [4.69, 9.17) is 0 Å². The summed E-state index contributed by atoms with van der Waals surface area (Å²) >= 11 is 0. The van der Waals surface area contributed by atoms with Crippen LogP contribution in [-0.4, -0.2) is 22.0 Å². The van der Waals surface area contributed by atoms with Crippen LogP contribution in [0.15, 0.2) is 54.6 Å². The number of fused-ring (bicyclic) bond motifs is 1. The molecule has 0 radical (unpaired) electrons. The molecule has 1 aliphatic heterocycles. The number of carbonyl (C=O) groups excluding carboxylic acids is 1. The molecule has 1 N–H and O–H groups in total. The molecule has 0 fully saturated rings. The smallest absolute Gasteiger partial charge is 0.257 e. The second-order valence-electron chi connectivity index (χ2n) is 6.90. The van der Waals surface area contributed by atoms with Crippen molar-refractivity contribution in [3.05, 3.63) is 71.3 Å². The first-order chi connectivity index (χ1) is 12.1. The molecule has 0 aliphatic carbocycles. The van der Waals surface area contributed by atoms with Crippen LogP contribution in [0.25, 0.3) is 0 Å². The van der Waals surface area contributed by atoms with Gasteiger partial charge in [-0.25, -0.2) is 0 Å². The highest BCUT2D eigenvalue weighted by atomic mass is 16.3. The van der Waals surface area contributed by atoms with E-state index in [-0.39, 0.29) is 11.9 Å². The Morgan fingerprint density at radius 1 is 1.04 bits per heavy atom. The maximum atomic E-state index is 13.1. The van der Waals surface area contributed by atoms with Crippen molar-refractivity contribution in [2.24, 2.45) is 0 Å². The minimum Gasteiger partial charge on any atom is -0.366 e. The summed E-state index contributed by atoms with van der Waals surface area (Å²) in [6.07, 6.45) is 4.32. The lowest BCUT2D eigenvalue weighted by Gasteiger charge is -2.40. The lowest BCUT2D eigenvalue weighted by Crippen LogP contribution is -2.51. The Morgan fingerprint density at radius 2 is 1.72 bits per heavy atom. The zero-order valence-corrected chi connectivity index (χ0v) is 15.1. The standard InChI is InChI=1S/C22H27NO2/c1-3-5-13-18(4-2)23-21(24)19-14-9-10-15-20(19)22(23,25)16-17-11-7-6-8-12-17/h6-12,14-15,18,25H,3-5,13,16H2,1-2H3/t18-,22+/m1/s1. The number of unbranched alkanes of at least 4 members (excludes halogenated alkanes) is 1. The molecule has 0 spiro atoms. The van der Waals surface area contributed by atoms with Gasteiger partial charge in [0.1, 0.15) is 0 Å². The molecule has 0 saturated heterocycles. The second-order valence-corrected chi connectivity index (χ2v) is 6.90. The number of aliphatic hydroxyl groups is 1. The van der Waals surface area contributed by atoms with Crippen LogP contribution in [-0.2, 0) is 12.1 Å². The average molecular weight is 337 g/mol. The van der Waals surface area contributed by atoms with E-state index in [1.807, 2.05) is 54.6 Å². The van der Waals surface area contributed by atoms with Crippen molar-refractivity contribution in [2.45, 2.75) is 57.7 Å². The maximum absolute atomic E-state index is 13.1. The van der Waals surface area contributed by atoms with Crippen LogP contribution in [0.2, 0.25) is 0 Å². The summed E-state index contributed by atoms with van der Waals surface area (Å²) in [6, 6.07) is 17.5. The normalized spacial score (nSPS) is 20.6. The molecule has 1 heterocycles. The Balaban J connectivity index is 2.04. The van der Waals surface area contributed by atoms with Gasteiger partial charge in [0.15, 0.2) is 5.72 Å². The number of nitrogens with zero attached hydrogens (tertiary/aromatic N) is 1. The first-order valence-electron chi connectivity index (χ1n) is 9.31. The second kappa shape index (κ2) is 7.40. The van der Waals surface area contributed by atoms with Gasteiger partial charge in [-0.05, 0) is 24.5 Å².